The molecular formula is C15H34O4Sn. The van der Waals surface area contributed by atoms with Crippen molar-refractivity contribution in [1.82, 2.24) is 0 Å². The van der Waals surface area contributed by atoms with Crippen molar-refractivity contribution in [2.75, 3.05) is 6.61 Å². The standard InChI is InChI=1S/3C4H9O.C3H7O.Sn/c3*1-4(2,3)5;1-2-3-4;/h3*1-3H3;4H,1-3H2;/q3*-1;;+3. The summed E-state index contributed by atoms with van der Waals surface area (Å²) >= 11 is -3.77. The normalized spacial score (nSPS) is 14.7. The van der Waals surface area contributed by atoms with Crippen LogP contribution in [-0.2, 0) is 9.22 Å². The third kappa shape index (κ3) is 10.4. The van der Waals surface area contributed by atoms with Gasteiger partial charge in [-0.2, -0.15) is 0 Å². The molecule has 20 heavy (non-hydrogen) atoms. The molecule has 0 saturated carbocycles. The fourth-order valence-electron chi connectivity index (χ4n) is 1.91. The van der Waals surface area contributed by atoms with Gasteiger partial charge in [0.15, 0.2) is 0 Å². The summed E-state index contributed by atoms with van der Waals surface area (Å²) in [4.78, 5) is 0. The van der Waals surface area contributed by atoms with Crippen LogP contribution in [0.25, 0.3) is 0 Å². The van der Waals surface area contributed by atoms with Gasteiger partial charge in [0.1, 0.15) is 0 Å². The second-order valence-corrected chi connectivity index (χ2v) is 15.2. The molecule has 0 rings (SSSR count). The third-order valence-corrected chi connectivity index (χ3v) is 12.7. The minimum atomic E-state index is -3.77. The Morgan fingerprint density at radius 1 is 0.700 bits per heavy atom. The van der Waals surface area contributed by atoms with Gasteiger partial charge in [-0.05, 0) is 0 Å². The quantitative estimate of drug-likeness (QED) is 0.694. The van der Waals surface area contributed by atoms with Gasteiger partial charge in [0.05, 0.1) is 0 Å². The predicted molar refractivity (Wildman–Crippen MR) is 84.8 cm³/mol. The van der Waals surface area contributed by atoms with Gasteiger partial charge >= 0.3 is 131 Å². The molecule has 0 radical (unpaired) electrons. The van der Waals surface area contributed by atoms with Gasteiger partial charge in [0, 0.05) is 0 Å². The van der Waals surface area contributed by atoms with Gasteiger partial charge in [0.2, 0.25) is 0 Å². The number of aliphatic hydroxyl groups is 1. The van der Waals surface area contributed by atoms with Crippen LogP contribution in [0.3, 0.4) is 0 Å². The number of aliphatic hydroxyl groups excluding tert-OH is 1. The molecule has 0 unspecified atom stereocenters. The molecule has 0 aromatic rings. The molecule has 0 aromatic heterocycles. The van der Waals surface area contributed by atoms with Crippen LogP contribution in [0.4, 0.5) is 0 Å². The van der Waals surface area contributed by atoms with Crippen molar-refractivity contribution < 1.29 is 14.3 Å². The van der Waals surface area contributed by atoms with E-state index in [2.05, 4.69) is 0 Å². The topological polar surface area (TPSA) is 47.9 Å². The van der Waals surface area contributed by atoms with Crippen LogP contribution in [0.5, 0.6) is 0 Å². The van der Waals surface area contributed by atoms with Gasteiger partial charge < -0.3 is 0 Å². The SMILES string of the molecule is CC(C)(C)[O][Sn]([CH2]CCO)([O]C(C)(C)C)[O]C(C)(C)C. The number of hydrogen-bond acceptors (Lipinski definition) is 4. The first-order chi connectivity index (χ1) is 8.68. The van der Waals surface area contributed by atoms with E-state index in [0.717, 1.165) is 0 Å². The average Bonchev–Trinajstić information content (AvgIpc) is 2.05. The van der Waals surface area contributed by atoms with Crippen LogP contribution in [0, 0.1) is 0 Å². The van der Waals surface area contributed by atoms with Gasteiger partial charge in [-0.1, -0.05) is 0 Å². The van der Waals surface area contributed by atoms with E-state index in [1.165, 1.54) is 0 Å². The van der Waals surface area contributed by atoms with Crippen molar-refractivity contribution in [3.63, 3.8) is 0 Å². The Morgan fingerprint density at radius 2 is 1.00 bits per heavy atom. The summed E-state index contributed by atoms with van der Waals surface area (Å²) in [6, 6.07) is 0. The first-order valence-electron chi connectivity index (χ1n) is 7.39. The second kappa shape index (κ2) is 7.27. The van der Waals surface area contributed by atoms with Crippen LogP contribution < -0.4 is 0 Å². The molecule has 1 N–H and O–H groups in total. The van der Waals surface area contributed by atoms with Crippen LogP contribution >= 0.6 is 0 Å². The molecule has 0 atom stereocenters. The number of rotatable bonds is 6. The first-order valence-corrected chi connectivity index (χ1v) is 12.9. The van der Waals surface area contributed by atoms with Gasteiger partial charge in [0.25, 0.3) is 0 Å². The molecule has 0 spiro atoms. The summed E-state index contributed by atoms with van der Waals surface area (Å²) < 4.78 is 19.7. The zero-order valence-electron chi connectivity index (χ0n) is 14.8. The summed E-state index contributed by atoms with van der Waals surface area (Å²) in [7, 11) is 0. The molecule has 0 heterocycles. The predicted octanol–water partition coefficient (Wildman–Crippen LogP) is 3.75. The summed E-state index contributed by atoms with van der Waals surface area (Å²) in [5.41, 5.74) is -0.952. The van der Waals surface area contributed by atoms with E-state index < -0.39 is 19.6 Å². The molecule has 0 aliphatic heterocycles. The maximum atomic E-state index is 9.19. The van der Waals surface area contributed by atoms with Crippen LogP contribution in [0.1, 0.15) is 68.7 Å². The zero-order chi connectivity index (χ0) is 16.2. The van der Waals surface area contributed by atoms with E-state index >= 15 is 0 Å². The van der Waals surface area contributed by atoms with Crippen LogP contribution in [0.15, 0.2) is 0 Å². The average molecular weight is 397 g/mol. The molecule has 4 nitrogen and oxygen atoms in total. The Labute approximate surface area is 130 Å². The molecule has 0 bridgehead atoms. The van der Waals surface area contributed by atoms with Crippen molar-refractivity contribution in [1.29, 1.82) is 0 Å². The summed E-state index contributed by atoms with van der Waals surface area (Å²) in [6.07, 6.45) is 0.651. The molecule has 0 fully saturated rings. The van der Waals surface area contributed by atoms with Crippen molar-refractivity contribution in [3.05, 3.63) is 0 Å². The number of hydrogen-bond donors (Lipinski definition) is 1. The molecule has 0 aromatic carbocycles. The monoisotopic (exact) mass is 398 g/mol. The van der Waals surface area contributed by atoms with E-state index in [1.54, 1.807) is 0 Å². The fraction of sp³-hybridized carbons (Fsp3) is 1.00. The summed E-state index contributed by atoms with van der Waals surface area (Å²) in [6.45, 7) is 18.3. The Morgan fingerprint density at radius 3 is 1.20 bits per heavy atom. The van der Waals surface area contributed by atoms with E-state index in [1.807, 2.05) is 62.3 Å². The third-order valence-electron chi connectivity index (χ3n) is 2.03. The molecule has 122 valence electrons. The molecule has 0 aliphatic rings. The fourth-order valence-corrected chi connectivity index (χ4v) is 12.8. The Hall–Kier alpha value is 0.639. The van der Waals surface area contributed by atoms with Crippen molar-refractivity contribution in [3.8, 4) is 0 Å². The van der Waals surface area contributed by atoms with Gasteiger partial charge in [-0.15, -0.1) is 0 Å². The molecular weight excluding hydrogens is 363 g/mol. The van der Waals surface area contributed by atoms with Crippen LogP contribution in [-0.4, -0.2) is 48.1 Å². The maximum absolute atomic E-state index is 9.19. The summed E-state index contributed by atoms with van der Waals surface area (Å²) in [5.74, 6) is 0. The van der Waals surface area contributed by atoms with E-state index in [0.29, 0.717) is 10.9 Å². The molecule has 0 saturated heterocycles. The molecule has 0 amide bonds. The minimum absolute atomic E-state index is 0.132. The van der Waals surface area contributed by atoms with E-state index in [4.69, 9.17) is 9.22 Å². The second-order valence-electron chi connectivity index (χ2n) is 8.15. The Balaban J connectivity index is 5.38. The van der Waals surface area contributed by atoms with Gasteiger partial charge in [-0.3, -0.25) is 0 Å². The van der Waals surface area contributed by atoms with E-state index in [-0.39, 0.29) is 23.4 Å². The van der Waals surface area contributed by atoms with Gasteiger partial charge in [-0.25, -0.2) is 0 Å². The Bertz CT molecular complexity index is 243. The Kier molecular flexibility index (Phi) is 7.50. The molecule has 5 heteroatoms. The zero-order valence-corrected chi connectivity index (χ0v) is 17.6. The van der Waals surface area contributed by atoms with Crippen LogP contribution in [0.2, 0.25) is 4.44 Å². The summed E-state index contributed by atoms with van der Waals surface area (Å²) in [5, 5.41) is 9.19. The van der Waals surface area contributed by atoms with Crippen molar-refractivity contribution in [2.24, 2.45) is 0 Å². The van der Waals surface area contributed by atoms with Crippen molar-refractivity contribution >= 4 is 19.6 Å². The van der Waals surface area contributed by atoms with E-state index in [9.17, 15) is 5.11 Å². The first kappa shape index (κ1) is 20.6. The van der Waals surface area contributed by atoms with Crippen molar-refractivity contribution in [2.45, 2.75) is 90.0 Å². The molecule has 0 aliphatic carbocycles.